The molecule has 0 aromatic carbocycles. The van der Waals surface area contributed by atoms with E-state index < -0.39 is 0 Å². The van der Waals surface area contributed by atoms with Crippen molar-refractivity contribution in [1.29, 1.82) is 0 Å². The average Bonchev–Trinajstić information content (AvgIpc) is 3.11. The van der Waals surface area contributed by atoms with Gasteiger partial charge in [-0.05, 0) is 98.2 Å². The minimum atomic E-state index is -0.173. The molecular formula is C31H50O2. The van der Waals surface area contributed by atoms with Crippen molar-refractivity contribution >= 4 is 5.97 Å². The Labute approximate surface area is 204 Å². The maximum absolute atomic E-state index is 12.0. The molecule has 0 unspecified atom stereocenters. The quantitative estimate of drug-likeness (QED) is 0.219. The van der Waals surface area contributed by atoms with Crippen LogP contribution in [0.1, 0.15) is 112 Å². The third-order valence-electron chi connectivity index (χ3n) is 10.8. The summed E-state index contributed by atoms with van der Waals surface area (Å²) in [6, 6.07) is 0. The first-order valence-electron chi connectivity index (χ1n) is 14.2. The topological polar surface area (TPSA) is 26.3 Å². The van der Waals surface area contributed by atoms with Gasteiger partial charge in [0.15, 0.2) is 0 Å². The fraction of sp³-hybridized carbons (Fsp3) is 0.839. The van der Waals surface area contributed by atoms with Crippen LogP contribution >= 0.6 is 0 Å². The van der Waals surface area contributed by atoms with E-state index in [-0.39, 0.29) is 12.1 Å². The van der Waals surface area contributed by atoms with Gasteiger partial charge in [-0.25, -0.2) is 4.79 Å². The number of esters is 1. The highest BCUT2D eigenvalue weighted by atomic mass is 16.5. The summed E-state index contributed by atoms with van der Waals surface area (Å²) in [5.74, 6) is 5.08. The summed E-state index contributed by atoms with van der Waals surface area (Å²) in [4.78, 5) is 12.0. The molecule has 33 heavy (non-hydrogen) atoms. The lowest BCUT2D eigenvalue weighted by Crippen LogP contribution is -2.51. The molecule has 0 amide bonds. The van der Waals surface area contributed by atoms with Gasteiger partial charge in [0.25, 0.3) is 0 Å². The highest BCUT2D eigenvalue weighted by Gasteiger charge is 2.59. The maximum atomic E-state index is 12.0. The summed E-state index contributed by atoms with van der Waals surface area (Å²) in [7, 11) is 0. The van der Waals surface area contributed by atoms with Crippen molar-refractivity contribution in [2.75, 3.05) is 0 Å². The summed E-state index contributed by atoms with van der Waals surface area (Å²) in [6.45, 7) is 14.4. The number of carbonyl (C=O) groups excluding carboxylic acids is 1. The number of carbonyl (C=O) groups is 1. The monoisotopic (exact) mass is 454 g/mol. The van der Waals surface area contributed by atoms with E-state index in [1.54, 1.807) is 17.7 Å². The molecule has 0 saturated heterocycles. The van der Waals surface area contributed by atoms with Crippen LogP contribution < -0.4 is 0 Å². The minimum absolute atomic E-state index is 0.0704. The summed E-state index contributed by atoms with van der Waals surface area (Å²) < 4.78 is 5.77. The molecule has 0 heterocycles. The SMILES string of the molecule is C/C=C/C(=O)O[C@H]1CC[C@@]2(C)C(=CC[C@H]3[C@@H]4CC[C@H]([C@@H](C)CCCC(C)C)[C@@]4(C)CC[C@@H]32)C1. The zero-order valence-electron chi connectivity index (χ0n) is 22.4. The fourth-order valence-corrected chi connectivity index (χ4v) is 9.09. The molecule has 8 atom stereocenters. The molecule has 0 radical (unpaired) electrons. The number of fused-ring (bicyclic) bond motifs is 5. The molecule has 4 aliphatic rings. The molecular weight excluding hydrogens is 404 g/mol. The molecule has 0 bridgehead atoms. The van der Waals surface area contributed by atoms with Crippen molar-refractivity contribution in [2.24, 2.45) is 46.3 Å². The first-order chi connectivity index (χ1) is 15.7. The van der Waals surface area contributed by atoms with Gasteiger partial charge in [-0.2, -0.15) is 0 Å². The van der Waals surface area contributed by atoms with Crippen molar-refractivity contribution in [1.82, 2.24) is 0 Å². The Kier molecular flexibility index (Phi) is 7.52. The van der Waals surface area contributed by atoms with Crippen LogP contribution in [0.25, 0.3) is 0 Å². The Morgan fingerprint density at radius 1 is 1.09 bits per heavy atom. The average molecular weight is 455 g/mol. The molecule has 2 nitrogen and oxygen atoms in total. The predicted octanol–water partition coefficient (Wildman–Crippen LogP) is 8.52. The van der Waals surface area contributed by atoms with E-state index in [1.807, 2.05) is 6.92 Å². The maximum Gasteiger partial charge on any atom is 0.330 e. The normalized spacial score (nSPS) is 41.3. The predicted molar refractivity (Wildman–Crippen MR) is 138 cm³/mol. The molecule has 0 aliphatic heterocycles. The number of allylic oxidation sites excluding steroid dienone is 2. The summed E-state index contributed by atoms with van der Waals surface area (Å²) in [6.07, 6.45) is 20.4. The Morgan fingerprint density at radius 2 is 1.88 bits per heavy atom. The van der Waals surface area contributed by atoms with Gasteiger partial charge in [-0.1, -0.05) is 71.6 Å². The molecule has 3 fully saturated rings. The molecule has 4 aliphatic carbocycles. The molecule has 4 rings (SSSR count). The third kappa shape index (κ3) is 4.74. The third-order valence-corrected chi connectivity index (χ3v) is 10.8. The van der Waals surface area contributed by atoms with Crippen LogP contribution in [-0.2, 0) is 9.53 Å². The van der Waals surface area contributed by atoms with Crippen LogP contribution in [0.3, 0.4) is 0 Å². The highest BCUT2D eigenvalue weighted by molar-refractivity contribution is 5.81. The highest BCUT2D eigenvalue weighted by Crippen LogP contribution is 2.67. The Balaban J connectivity index is 1.44. The number of rotatable bonds is 7. The van der Waals surface area contributed by atoms with Crippen molar-refractivity contribution < 1.29 is 9.53 Å². The van der Waals surface area contributed by atoms with Crippen LogP contribution in [0.15, 0.2) is 23.8 Å². The van der Waals surface area contributed by atoms with E-state index in [2.05, 4.69) is 40.7 Å². The van der Waals surface area contributed by atoms with Crippen LogP contribution in [0.5, 0.6) is 0 Å². The van der Waals surface area contributed by atoms with Crippen molar-refractivity contribution in [3.8, 4) is 0 Å². The van der Waals surface area contributed by atoms with Gasteiger partial charge in [0.1, 0.15) is 6.10 Å². The standard InChI is InChI=1S/C31H50O2/c1-7-9-29(32)33-24-16-18-30(5)23(20-24)12-13-25-27-15-14-26(22(4)11-8-10-21(2)3)31(27,6)19-17-28(25)30/h7,9,12,21-22,24-28H,8,10-11,13-20H2,1-6H3/b9-7+/t22-,24-,25-,26+,27-,28-,30-,31+/m0/s1. The second kappa shape index (κ2) is 9.90. The lowest BCUT2D eigenvalue weighted by Gasteiger charge is -2.58. The zero-order chi connectivity index (χ0) is 23.8. The van der Waals surface area contributed by atoms with Gasteiger partial charge in [0, 0.05) is 12.5 Å². The van der Waals surface area contributed by atoms with Crippen molar-refractivity contribution in [3.63, 3.8) is 0 Å². The largest absolute Gasteiger partial charge is 0.459 e. The Hall–Kier alpha value is -1.05. The first kappa shape index (κ1) is 25.1. The van der Waals surface area contributed by atoms with Crippen molar-refractivity contribution in [2.45, 2.75) is 118 Å². The fourth-order valence-electron chi connectivity index (χ4n) is 9.09. The number of ether oxygens (including phenoxy) is 1. The van der Waals surface area contributed by atoms with E-state index in [9.17, 15) is 4.79 Å². The number of hydrogen-bond acceptors (Lipinski definition) is 2. The zero-order valence-corrected chi connectivity index (χ0v) is 22.4. The summed E-state index contributed by atoms with van der Waals surface area (Å²) in [5.41, 5.74) is 2.49. The van der Waals surface area contributed by atoms with Crippen LogP contribution in [0.4, 0.5) is 0 Å². The second-order valence-electron chi connectivity index (χ2n) is 13.1. The van der Waals surface area contributed by atoms with Gasteiger partial charge in [-0.15, -0.1) is 0 Å². The van der Waals surface area contributed by atoms with E-state index in [0.29, 0.717) is 10.8 Å². The molecule has 2 heteroatoms. The lowest BCUT2D eigenvalue weighted by atomic mass is 9.47. The smallest absolute Gasteiger partial charge is 0.330 e. The lowest BCUT2D eigenvalue weighted by molar-refractivity contribution is -0.145. The molecule has 0 aromatic heterocycles. The van der Waals surface area contributed by atoms with Crippen LogP contribution in [0.2, 0.25) is 0 Å². The Bertz CT molecular complexity index is 763. The van der Waals surface area contributed by atoms with Gasteiger partial charge in [-0.3, -0.25) is 0 Å². The van der Waals surface area contributed by atoms with Gasteiger partial charge >= 0.3 is 5.97 Å². The van der Waals surface area contributed by atoms with Crippen LogP contribution in [0, 0.1) is 46.3 Å². The van der Waals surface area contributed by atoms with E-state index >= 15 is 0 Å². The van der Waals surface area contributed by atoms with E-state index in [4.69, 9.17) is 4.74 Å². The molecule has 3 saturated carbocycles. The molecule has 0 N–H and O–H groups in total. The van der Waals surface area contributed by atoms with E-state index in [0.717, 1.165) is 48.3 Å². The minimum Gasteiger partial charge on any atom is -0.459 e. The summed E-state index contributed by atoms with van der Waals surface area (Å²) in [5, 5.41) is 0. The molecule has 0 spiro atoms. The van der Waals surface area contributed by atoms with Gasteiger partial charge in [0.2, 0.25) is 0 Å². The van der Waals surface area contributed by atoms with E-state index in [1.165, 1.54) is 57.8 Å². The second-order valence-corrected chi connectivity index (χ2v) is 13.1. The Morgan fingerprint density at radius 3 is 2.61 bits per heavy atom. The molecule has 0 aromatic rings. The number of hydrogen-bond donors (Lipinski definition) is 0. The summed E-state index contributed by atoms with van der Waals surface area (Å²) >= 11 is 0. The van der Waals surface area contributed by atoms with Gasteiger partial charge < -0.3 is 4.74 Å². The van der Waals surface area contributed by atoms with Crippen LogP contribution in [-0.4, -0.2) is 12.1 Å². The van der Waals surface area contributed by atoms with Gasteiger partial charge in [0.05, 0.1) is 0 Å². The molecule has 186 valence electrons. The first-order valence-corrected chi connectivity index (χ1v) is 14.2. The van der Waals surface area contributed by atoms with Crippen molar-refractivity contribution in [3.05, 3.63) is 23.8 Å².